The number of carbonyl (C=O) groups excluding carboxylic acids is 1. The van der Waals surface area contributed by atoms with Crippen LogP contribution in [-0.2, 0) is 0 Å². The van der Waals surface area contributed by atoms with Crippen molar-refractivity contribution in [3.05, 3.63) is 58.7 Å². The fourth-order valence-electron chi connectivity index (χ4n) is 2.24. The summed E-state index contributed by atoms with van der Waals surface area (Å²) in [4.78, 5) is 14.1. The van der Waals surface area contributed by atoms with Crippen LogP contribution in [0.1, 0.15) is 27.0 Å². The Bertz CT molecular complexity index is 642. The Labute approximate surface area is 119 Å². The molecule has 2 aromatic rings. The minimum Gasteiger partial charge on any atom is -0.508 e. The summed E-state index contributed by atoms with van der Waals surface area (Å²) >= 11 is 0. The maximum Gasteiger partial charge on any atom is 0.258 e. The van der Waals surface area contributed by atoms with Crippen molar-refractivity contribution < 1.29 is 9.90 Å². The van der Waals surface area contributed by atoms with Gasteiger partial charge in [-0.2, -0.15) is 0 Å². The number of amides is 1. The molecule has 0 radical (unpaired) electrons. The number of rotatable bonds is 2. The van der Waals surface area contributed by atoms with Crippen molar-refractivity contribution in [1.82, 2.24) is 0 Å². The fourth-order valence-corrected chi connectivity index (χ4v) is 2.24. The Morgan fingerprint density at radius 3 is 2.15 bits per heavy atom. The van der Waals surface area contributed by atoms with E-state index in [9.17, 15) is 9.90 Å². The van der Waals surface area contributed by atoms with E-state index in [1.54, 1.807) is 37.1 Å². The summed E-state index contributed by atoms with van der Waals surface area (Å²) in [6.07, 6.45) is 0. The summed E-state index contributed by atoms with van der Waals surface area (Å²) in [5.41, 5.74) is 4.40. The molecular weight excluding hydrogens is 250 g/mol. The number of aryl methyl sites for hydroxylation is 3. The Morgan fingerprint density at radius 1 is 1.00 bits per heavy atom. The molecule has 0 saturated carbocycles. The highest BCUT2D eigenvalue weighted by Crippen LogP contribution is 2.22. The number of phenolic OH excluding ortho intramolecular Hbond substituents is 1. The van der Waals surface area contributed by atoms with Crippen LogP contribution < -0.4 is 4.90 Å². The molecule has 3 nitrogen and oxygen atoms in total. The number of phenols is 1. The standard InChI is InChI=1S/C17H19NO2/c1-11-7-12(2)9-15(8-11)18(4)17(20)14-5-6-16(19)13(3)10-14/h5-10,19H,1-4H3. The summed E-state index contributed by atoms with van der Waals surface area (Å²) < 4.78 is 0. The van der Waals surface area contributed by atoms with Crippen molar-refractivity contribution in [3.63, 3.8) is 0 Å². The summed E-state index contributed by atoms with van der Waals surface area (Å²) in [7, 11) is 1.76. The quantitative estimate of drug-likeness (QED) is 0.905. The van der Waals surface area contributed by atoms with Crippen molar-refractivity contribution >= 4 is 11.6 Å². The predicted molar refractivity (Wildman–Crippen MR) is 81.5 cm³/mol. The van der Waals surface area contributed by atoms with Gasteiger partial charge in [-0.05, 0) is 67.8 Å². The highest BCUT2D eigenvalue weighted by atomic mass is 16.3. The minimum absolute atomic E-state index is 0.0851. The maximum absolute atomic E-state index is 12.5. The van der Waals surface area contributed by atoms with E-state index in [2.05, 4.69) is 6.07 Å². The lowest BCUT2D eigenvalue weighted by atomic mass is 10.1. The summed E-state index contributed by atoms with van der Waals surface area (Å²) in [6.45, 7) is 5.81. The molecule has 2 rings (SSSR count). The number of hydrogen-bond acceptors (Lipinski definition) is 2. The van der Waals surface area contributed by atoms with Gasteiger partial charge in [0.15, 0.2) is 0 Å². The summed E-state index contributed by atoms with van der Waals surface area (Å²) in [5.74, 6) is 0.119. The normalized spacial score (nSPS) is 10.4. The van der Waals surface area contributed by atoms with Gasteiger partial charge >= 0.3 is 0 Å². The second-order valence-corrected chi connectivity index (χ2v) is 5.21. The molecule has 0 heterocycles. The summed E-state index contributed by atoms with van der Waals surface area (Å²) in [6, 6.07) is 10.9. The van der Waals surface area contributed by atoms with E-state index < -0.39 is 0 Å². The van der Waals surface area contributed by atoms with Gasteiger partial charge < -0.3 is 10.0 Å². The molecule has 0 bridgehead atoms. The molecule has 0 aliphatic rings. The van der Waals surface area contributed by atoms with Crippen molar-refractivity contribution in [2.24, 2.45) is 0 Å². The Balaban J connectivity index is 2.34. The predicted octanol–water partition coefficient (Wildman–Crippen LogP) is 3.59. The monoisotopic (exact) mass is 269 g/mol. The molecule has 0 saturated heterocycles. The SMILES string of the molecule is Cc1cc(C)cc(N(C)C(=O)c2ccc(O)c(C)c2)c1. The van der Waals surface area contributed by atoms with E-state index in [1.165, 1.54) is 0 Å². The van der Waals surface area contributed by atoms with Gasteiger partial charge in [0.05, 0.1) is 0 Å². The molecule has 0 fully saturated rings. The number of nitrogens with zero attached hydrogens (tertiary/aromatic N) is 1. The zero-order valence-electron chi connectivity index (χ0n) is 12.3. The zero-order valence-corrected chi connectivity index (χ0v) is 12.3. The smallest absolute Gasteiger partial charge is 0.258 e. The van der Waals surface area contributed by atoms with Gasteiger partial charge in [-0.3, -0.25) is 4.79 Å². The van der Waals surface area contributed by atoms with Crippen molar-refractivity contribution in [1.29, 1.82) is 0 Å². The van der Waals surface area contributed by atoms with Gasteiger partial charge in [-0.25, -0.2) is 0 Å². The van der Waals surface area contributed by atoms with E-state index >= 15 is 0 Å². The first-order valence-electron chi connectivity index (χ1n) is 6.54. The molecule has 2 aromatic carbocycles. The van der Waals surface area contributed by atoms with Crippen LogP contribution in [-0.4, -0.2) is 18.1 Å². The number of hydrogen-bond donors (Lipinski definition) is 1. The van der Waals surface area contributed by atoms with Gasteiger partial charge in [0.2, 0.25) is 0 Å². The molecule has 0 aliphatic heterocycles. The van der Waals surface area contributed by atoms with Gasteiger partial charge in [-0.1, -0.05) is 6.07 Å². The van der Waals surface area contributed by atoms with Gasteiger partial charge in [-0.15, -0.1) is 0 Å². The van der Waals surface area contributed by atoms with Gasteiger partial charge in [0, 0.05) is 18.3 Å². The Hall–Kier alpha value is -2.29. The van der Waals surface area contributed by atoms with Crippen LogP contribution in [0.4, 0.5) is 5.69 Å². The minimum atomic E-state index is -0.0851. The first-order chi connectivity index (χ1) is 9.38. The highest BCUT2D eigenvalue weighted by Gasteiger charge is 2.14. The number of carbonyl (C=O) groups is 1. The molecule has 0 spiro atoms. The van der Waals surface area contributed by atoms with Crippen molar-refractivity contribution in [3.8, 4) is 5.75 Å². The van der Waals surface area contributed by atoms with Crippen LogP contribution in [0.15, 0.2) is 36.4 Å². The number of benzene rings is 2. The van der Waals surface area contributed by atoms with Crippen molar-refractivity contribution in [2.45, 2.75) is 20.8 Å². The molecule has 0 unspecified atom stereocenters. The number of aromatic hydroxyl groups is 1. The van der Waals surface area contributed by atoms with Crippen LogP contribution in [0.5, 0.6) is 5.75 Å². The summed E-state index contributed by atoms with van der Waals surface area (Å²) in [5, 5.41) is 9.53. The van der Waals surface area contributed by atoms with Crippen LogP contribution in [0.3, 0.4) is 0 Å². The molecule has 0 aromatic heterocycles. The lowest BCUT2D eigenvalue weighted by Gasteiger charge is -2.19. The first-order valence-corrected chi connectivity index (χ1v) is 6.54. The molecule has 1 N–H and O–H groups in total. The maximum atomic E-state index is 12.5. The molecule has 3 heteroatoms. The zero-order chi connectivity index (χ0) is 14.9. The van der Waals surface area contributed by atoms with Crippen LogP contribution >= 0.6 is 0 Å². The topological polar surface area (TPSA) is 40.5 Å². The largest absolute Gasteiger partial charge is 0.508 e. The molecule has 104 valence electrons. The second kappa shape index (κ2) is 5.37. The Kier molecular flexibility index (Phi) is 3.79. The van der Waals surface area contributed by atoms with E-state index in [-0.39, 0.29) is 11.7 Å². The molecule has 0 aliphatic carbocycles. The third-order valence-corrected chi connectivity index (χ3v) is 3.34. The number of anilines is 1. The third-order valence-electron chi connectivity index (χ3n) is 3.34. The average Bonchev–Trinajstić information content (AvgIpc) is 2.39. The first kappa shape index (κ1) is 14.1. The van der Waals surface area contributed by atoms with Crippen molar-refractivity contribution in [2.75, 3.05) is 11.9 Å². The molecule has 20 heavy (non-hydrogen) atoms. The van der Waals surface area contributed by atoms with E-state index in [0.29, 0.717) is 11.1 Å². The highest BCUT2D eigenvalue weighted by molar-refractivity contribution is 6.06. The van der Waals surface area contributed by atoms with Gasteiger partial charge in [0.25, 0.3) is 5.91 Å². The lowest BCUT2D eigenvalue weighted by Crippen LogP contribution is -2.26. The molecule has 0 atom stereocenters. The average molecular weight is 269 g/mol. The van der Waals surface area contributed by atoms with E-state index in [1.807, 2.05) is 26.0 Å². The lowest BCUT2D eigenvalue weighted by molar-refractivity contribution is 0.0993. The Morgan fingerprint density at radius 2 is 1.60 bits per heavy atom. The van der Waals surface area contributed by atoms with E-state index in [4.69, 9.17) is 0 Å². The fraction of sp³-hybridized carbons (Fsp3) is 0.235. The third kappa shape index (κ3) is 2.82. The molecular formula is C17H19NO2. The van der Waals surface area contributed by atoms with E-state index in [0.717, 1.165) is 16.8 Å². The van der Waals surface area contributed by atoms with Gasteiger partial charge in [0.1, 0.15) is 5.75 Å². The van der Waals surface area contributed by atoms with Crippen LogP contribution in [0.2, 0.25) is 0 Å². The van der Waals surface area contributed by atoms with Crippen LogP contribution in [0.25, 0.3) is 0 Å². The molecule has 1 amide bonds. The second-order valence-electron chi connectivity index (χ2n) is 5.21. The van der Waals surface area contributed by atoms with Crippen LogP contribution in [0, 0.1) is 20.8 Å².